The van der Waals surface area contributed by atoms with Crippen molar-refractivity contribution in [2.24, 2.45) is 5.73 Å². The van der Waals surface area contributed by atoms with Crippen LogP contribution in [0.2, 0.25) is 0 Å². The molecule has 1 atom stereocenters. The van der Waals surface area contributed by atoms with Gasteiger partial charge in [-0.15, -0.1) is 0 Å². The van der Waals surface area contributed by atoms with Crippen molar-refractivity contribution in [3.63, 3.8) is 0 Å². The first-order valence-electron chi connectivity index (χ1n) is 6.20. The Morgan fingerprint density at radius 1 is 1.28 bits per heavy atom. The highest BCUT2D eigenvalue weighted by atomic mass is 16.6. The number of ether oxygens (including phenoxy) is 2. The summed E-state index contributed by atoms with van der Waals surface area (Å²) >= 11 is 0. The summed E-state index contributed by atoms with van der Waals surface area (Å²) in [6, 6.07) is 7.50. The molecule has 0 aliphatic heterocycles. The first kappa shape index (κ1) is 14.5. The van der Waals surface area contributed by atoms with Gasteiger partial charge in [0.25, 0.3) is 0 Å². The average molecular weight is 251 g/mol. The first-order valence-corrected chi connectivity index (χ1v) is 6.20. The van der Waals surface area contributed by atoms with Gasteiger partial charge >= 0.3 is 5.97 Å². The van der Waals surface area contributed by atoms with Crippen LogP contribution in [0.3, 0.4) is 0 Å². The molecular formula is C14H21NO3. The molecule has 0 radical (unpaired) electrons. The van der Waals surface area contributed by atoms with E-state index in [0.717, 1.165) is 12.0 Å². The van der Waals surface area contributed by atoms with Crippen molar-refractivity contribution in [3.05, 3.63) is 29.8 Å². The van der Waals surface area contributed by atoms with Crippen LogP contribution in [0.25, 0.3) is 0 Å². The number of esters is 1. The molecule has 1 unspecified atom stereocenters. The molecule has 1 aromatic carbocycles. The van der Waals surface area contributed by atoms with Gasteiger partial charge in [-0.1, -0.05) is 19.1 Å². The van der Waals surface area contributed by atoms with E-state index in [-0.39, 0.29) is 24.7 Å². The fourth-order valence-corrected chi connectivity index (χ4v) is 1.49. The molecule has 100 valence electrons. The van der Waals surface area contributed by atoms with E-state index >= 15 is 0 Å². The van der Waals surface area contributed by atoms with E-state index in [9.17, 15) is 4.79 Å². The third-order valence-electron chi connectivity index (χ3n) is 2.47. The van der Waals surface area contributed by atoms with Crippen molar-refractivity contribution in [1.82, 2.24) is 0 Å². The predicted molar refractivity (Wildman–Crippen MR) is 70.4 cm³/mol. The summed E-state index contributed by atoms with van der Waals surface area (Å²) in [4.78, 5) is 11.3. The Morgan fingerprint density at radius 2 is 1.89 bits per heavy atom. The minimum absolute atomic E-state index is 0.0463. The molecular weight excluding hydrogens is 230 g/mol. The lowest BCUT2D eigenvalue weighted by molar-refractivity contribution is -0.149. The van der Waals surface area contributed by atoms with Crippen LogP contribution in [0.5, 0.6) is 5.75 Å². The Morgan fingerprint density at radius 3 is 2.39 bits per heavy atom. The monoisotopic (exact) mass is 251 g/mol. The van der Waals surface area contributed by atoms with Gasteiger partial charge in [0.15, 0.2) is 6.61 Å². The van der Waals surface area contributed by atoms with E-state index in [4.69, 9.17) is 15.2 Å². The Labute approximate surface area is 108 Å². The molecule has 18 heavy (non-hydrogen) atoms. The normalized spacial score (nSPS) is 12.3. The molecule has 1 rings (SSSR count). The van der Waals surface area contributed by atoms with E-state index in [0.29, 0.717) is 5.75 Å². The molecule has 4 nitrogen and oxygen atoms in total. The second-order valence-corrected chi connectivity index (χ2v) is 4.41. The Balaban J connectivity index is 2.46. The fraction of sp³-hybridized carbons (Fsp3) is 0.500. The maximum atomic E-state index is 11.3. The molecule has 0 heterocycles. The smallest absolute Gasteiger partial charge is 0.344 e. The van der Waals surface area contributed by atoms with Crippen LogP contribution in [0.15, 0.2) is 24.3 Å². The van der Waals surface area contributed by atoms with E-state index in [2.05, 4.69) is 0 Å². The lowest BCUT2D eigenvalue weighted by Crippen LogP contribution is -2.18. The number of carbonyl (C=O) groups excluding carboxylic acids is 1. The highest BCUT2D eigenvalue weighted by molar-refractivity contribution is 5.71. The first-order chi connectivity index (χ1) is 8.52. The number of hydrogen-bond acceptors (Lipinski definition) is 4. The summed E-state index contributed by atoms with van der Waals surface area (Å²) in [7, 11) is 0. The van der Waals surface area contributed by atoms with Crippen LogP contribution in [0.4, 0.5) is 0 Å². The lowest BCUT2D eigenvalue weighted by atomic mass is 10.1. The largest absolute Gasteiger partial charge is 0.482 e. The highest BCUT2D eigenvalue weighted by Gasteiger charge is 2.07. The minimum atomic E-state index is -0.362. The van der Waals surface area contributed by atoms with Crippen molar-refractivity contribution >= 4 is 5.97 Å². The summed E-state index contributed by atoms with van der Waals surface area (Å²) < 4.78 is 10.3. The number of rotatable bonds is 6. The molecule has 0 aliphatic rings. The van der Waals surface area contributed by atoms with Gasteiger partial charge in [0.05, 0.1) is 6.10 Å². The second kappa shape index (κ2) is 7.01. The highest BCUT2D eigenvalue weighted by Crippen LogP contribution is 2.18. The van der Waals surface area contributed by atoms with Gasteiger partial charge in [-0.3, -0.25) is 0 Å². The zero-order valence-corrected chi connectivity index (χ0v) is 11.2. The van der Waals surface area contributed by atoms with Crippen LogP contribution in [0.1, 0.15) is 38.8 Å². The van der Waals surface area contributed by atoms with Gasteiger partial charge in [-0.25, -0.2) is 4.79 Å². The maximum absolute atomic E-state index is 11.3. The van der Waals surface area contributed by atoms with Crippen LogP contribution < -0.4 is 10.5 Å². The Hall–Kier alpha value is -1.55. The third kappa shape index (κ3) is 4.75. The molecule has 2 N–H and O–H groups in total. The summed E-state index contributed by atoms with van der Waals surface area (Å²) in [5.41, 5.74) is 6.97. The summed E-state index contributed by atoms with van der Waals surface area (Å²) in [6.07, 6.45) is 0.770. The van der Waals surface area contributed by atoms with Crippen LogP contribution in [0, 0.1) is 0 Å². The van der Waals surface area contributed by atoms with Crippen LogP contribution in [-0.4, -0.2) is 18.7 Å². The minimum Gasteiger partial charge on any atom is -0.482 e. The molecule has 0 spiro atoms. The quantitative estimate of drug-likeness (QED) is 0.789. The van der Waals surface area contributed by atoms with Crippen molar-refractivity contribution < 1.29 is 14.3 Å². The van der Waals surface area contributed by atoms with Crippen LogP contribution >= 0.6 is 0 Å². The van der Waals surface area contributed by atoms with Gasteiger partial charge in [-0.05, 0) is 38.0 Å². The van der Waals surface area contributed by atoms with Gasteiger partial charge in [0, 0.05) is 6.04 Å². The summed E-state index contributed by atoms with van der Waals surface area (Å²) in [6.45, 7) is 5.58. The number of carbonyl (C=O) groups is 1. The van der Waals surface area contributed by atoms with Gasteiger partial charge in [0.1, 0.15) is 5.75 Å². The van der Waals surface area contributed by atoms with E-state index < -0.39 is 0 Å². The van der Waals surface area contributed by atoms with Crippen molar-refractivity contribution in [2.75, 3.05) is 6.61 Å². The second-order valence-electron chi connectivity index (χ2n) is 4.41. The molecule has 4 heteroatoms. The Kier molecular flexibility index (Phi) is 5.65. The topological polar surface area (TPSA) is 61.5 Å². The van der Waals surface area contributed by atoms with Crippen molar-refractivity contribution in [1.29, 1.82) is 0 Å². The molecule has 0 saturated carbocycles. The number of benzene rings is 1. The predicted octanol–water partition coefficient (Wildman–Crippen LogP) is 2.43. The van der Waals surface area contributed by atoms with E-state index in [1.54, 1.807) is 13.8 Å². The summed E-state index contributed by atoms with van der Waals surface area (Å²) in [5.74, 6) is 0.280. The molecule has 0 fully saturated rings. The average Bonchev–Trinajstić information content (AvgIpc) is 2.35. The van der Waals surface area contributed by atoms with Crippen LogP contribution in [-0.2, 0) is 9.53 Å². The van der Waals surface area contributed by atoms with E-state index in [1.165, 1.54) is 0 Å². The maximum Gasteiger partial charge on any atom is 0.344 e. The van der Waals surface area contributed by atoms with E-state index in [1.807, 2.05) is 31.2 Å². The molecule has 0 bridgehead atoms. The SMILES string of the molecule is CCC(N)c1ccc(OCC(=O)OC(C)C)cc1. The molecule has 0 amide bonds. The van der Waals surface area contributed by atoms with Gasteiger partial charge in [0.2, 0.25) is 0 Å². The fourth-order valence-electron chi connectivity index (χ4n) is 1.49. The van der Waals surface area contributed by atoms with Gasteiger partial charge in [-0.2, -0.15) is 0 Å². The lowest BCUT2D eigenvalue weighted by Gasteiger charge is -2.11. The Bertz CT molecular complexity index is 373. The third-order valence-corrected chi connectivity index (χ3v) is 2.47. The standard InChI is InChI=1S/C14H21NO3/c1-4-13(15)11-5-7-12(8-6-11)17-9-14(16)18-10(2)3/h5-8,10,13H,4,9,15H2,1-3H3. The molecule has 1 aromatic rings. The molecule has 0 aromatic heterocycles. The van der Waals surface area contributed by atoms with Gasteiger partial charge < -0.3 is 15.2 Å². The zero-order valence-electron chi connectivity index (χ0n) is 11.2. The zero-order chi connectivity index (χ0) is 13.5. The number of hydrogen-bond donors (Lipinski definition) is 1. The summed E-state index contributed by atoms with van der Waals surface area (Å²) in [5, 5.41) is 0. The van der Waals surface area contributed by atoms with Crippen molar-refractivity contribution in [2.45, 2.75) is 39.3 Å². The van der Waals surface area contributed by atoms with Crippen molar-refractivity contribution in [3.8, 4) is 5.75 Å². The molecule has 0 aliphatic carbocycles. The molecule has 0 saturated heterocycles. The number of nitrogens with two attached hydrogens (primary N) is 1.